The van der Waals surface area contributed by atoms with E-state index in [1.165, 1.54) is 19.3 Å². The minimum absolute atomic E-state index is 0.0248. The lowest BCUT2D eigenvalue weighted by atomic mass is 9.49. The van der Waals surface area contributed by atoms with Gasteiger partial charge in [0.2, 0.25) is 0 Å². The van der Waals surface area contributed by atoms with Gasteiger partial charge in [0.1, 0.15) is 6.07 Å². The summed E-state index contributed by atoms with van der Waals surface area (Å²) in [5.74, 6) is 0.875. The number of benzene rings is 2. The number of hydrogen-bond acceptors (Lipinski definition) is 7. The standard InChI is InChI=1S/C29H31Cl2N7/c1-28(2,3)16-34-25-18(13-32)14-33-26-21(25)8-19(9-23(26)31)35-27(20-6-4-5-7-22(20)30)24-15-38(37-36-24)29-10-17(11-29)12-29/h4-9,14-15,17,27,35-37H,10-12,16H2,1-3H3,(H,33,34). The van der Waals surface area contributed by atoms with E-state index in [4.69, 9.17) is 23.2 Å². The van der Waals surface area contributed by atoms with Gasteiger partial charge in [0, 0.05) is 35.0 Å². The highest BCUT2D eigenvalue weighted by molar-refractivity contribution is 6.36. The Hall–Kier alpha value is -3.18. The highest BCUT2D eigenvalue weighted by Gasteiger charge is 2.60. The zero-order valence-corrected chi connectivity index (χ0v) is 23.2. The predicted molar refractivity (Wildman–Crippen MR) is 153 cm³/mol. The Balaban J connectivity index is 1.40. The van der Waals surface area contributed by atoms with E-state index in [1.54, 1.807) is 6.20 Å². The first-order valence-corrected chi connectivity index (χ1v) is 13.7. The molecule has 3 aliphatic carbocycles. The van der Waals surface area contributed by atoms with Crippen molar-refractivity contribution in [2.75, 3.05) is 17.2 Å². The number of nitrogens with one attached hydrogen (secondary N) is 4. The van der Waals surface area contributed by atoms with E-state index >= 15 is 0 Å². The van der Waals surface area contributed by atoms with E-state index in [0.717, 1.165) is 33.9 Å². The van der Waals surface area contributed by atoms with Gasteiger partial charge >= 0.3 is 0 Å². The van der Waals surface area contributed by atoms with Gasteiger partial charge in [-0.1, -0.05) is 62.2 Å². The molecule has 4 aliphatic rings. The molecule has 9 heteroatoms. The zero-order chi connectivity index (χ0) is 26.7. The Kier molecular flexibility index (Phi) is 6.10. The number of aromatic nitrogens is 1. The van der Waals surface area contributed by atoms with Gasteiger partial charge < -0.3 is 16.1 Å². The predicted octanol–water partition coefficient (Wildman–Crippen LogP) is 6.74. The lowest BCUT2D eigenvalue weighted by molar-refractivity contribution is -0.141. The van der Waals surface area contributed by atoms with Crippen LogP contribution in [0.15, 0.2) is 54.5 Å². The van der Waals surface area contributed by atoms with Gasteiger partial charge in [-0.25, -0.2) is 0 Å². The van der Waals surface area contributed by atoms with E-state index in [2.05, 4.69) is 64.6 Å². The van der Waals surface area contributed by atoms with Gasteiger partial charge in [-0.05, 0) is 54.4 Å². The number of nitriles is 1. The van der Waals surface area contributed by atoms with Crippen LogP contribution < -0.4 is 21.6 Å². The molecule has 0 amide bonds. The number of fused-ring (bicyclic) bond motifs is 1. The molecule has 7 nitrogen and oxygen atoms in total. The van der Waals surface area contributed by atoms with E-state index in [9.17, 15) is 5.26 Å². The SMILES string of the molecule is CC(C)(C)CNc1c(C#N)cnc2c(Cl)cc(NC(C3=CN(C45CC(C4)C5)NN3)c3ccccc3Cl)cc12. The molecule has 1 unspecified atom stereocenters. The highest BCUT2D eigenvalue weighted by Crippen LogP contribution is 2.60. The molecule has 1 atom stereocenters. The molecule has 7 rings (SSSR count). The minimum atomic E-state index is -0.264. The maximum atomic E-state index is 9.81. The Morgan fingerprint density at radius 2 is 1.95 bits per heavy atom. The van der Waals surface area contributed by atoms with Crippen LogP contribution in [0.25, 0.3) is 10.9 Å². The van der Waals surface area contributed by atoms with Gasteiger partial charge in [0.25, 0.3) is 0 Å². The third-order valence-corrected chi connectivity index (χ3v) is 8.42. The molecular weight excluding hydrogens is 517 g/mol. The Bertz CT molecular complexity index is 1470. The smallest absolute Gasteiger partial charge is 0.103 e. The maximum Gasteiger partial charge on any atom is 0.103 e. The van der Waals surface area contributed by atoms with Crippen LogP contribution in [0.3, 0.4) is 0 Å². The van der Waals surface area contributed by atoms with Crippen molar-refractivity contribution in [3.63, 3.8) is 0 Å². The van der Waals surface area contributed by atoms with Crippen molar-refractivity contribution >= 4 is 45.5 Å². The van der Waals surface area contributed by atoms with Crippen molar-refractivity contribution in [2.45, 2.75) is 51.6 Å². The van der Waals surface area contributed by atoms with E-state index < -0.39 is 0 Å². The van der Waals surface area contributed by atoms with Gasteiger partial charge in [-0.15, -0.1) is 5.53 Å². The van der Waals surface area contributed by atoms with Crippen molar-refractivity contribution in [2.24, 2.45) is 11.3 Å². The molecule has 1 aromatic heterocycles. The number of halogens is 2. The minimum Gasteiger partial charge on any atom is -0.383 e. The Morgan fingerprint density at radius 3 is 2.61 bits per heavy atom. The molecule has 0 saturated heterocycles. The summed E-state index contributed by atoms with van der Waals surface area (Å²) in [6.07, 6.45) is 7.43. The molecule has 4 N–H and O–H groups in total. The molecule has 0 radical (unpaired) electrons. The van der Waals surface area contributed by atoms with Crippen LogP contribution in [0.1, 0.15) is 57.2 Å². The highest BCUT2D eigenvalue weighted by atomic mass is 35.5. The molecule has 38 heavy (non-hydrogen) atoms. The average molecular weight is 549 g/mol. The molecule has 3 fully saturated rings. The van der Waals surface area contributed by atoms with E-state index in [1.807, 2.05) is 36.4 Å². The number of rotatable bonds is 7. The normalized spacial score (nSPS) is 22.6. The maximum absolute atomic E-state index is 9.81. The molecule has 0 spiro atoms. The molecule has 2 bridgehead atoms. The third-order valence-electron chi connectivity index (χ3n) is 7.78. The quantitative estimate of drug-likeness (QED) is 0.260. The largest absolute Gasteiger partial charge is 0.383 e. The van der Waals surface area contributed by atoms with Crippen LogP contribution in [0.5, 0.6) is 0 Å². The molecule has 3 saturated carbocycles. The molecule has 3 aromatic rings. The van der Waals surface area contributed by atoms with Crippen LogP contribution in [-0.2, 0) is 0 Å². The fourth-order valence-corrected chi connectivity index (χ4v) is 6.14. The summed E-state index contributed by atoms with van der Waals surface area (Å²) >= 11 is 13.5. The monoisotopic (exact) mass is 547 g/mol. The van der Waals surface area contributed by atoms with Crippen molar-refractivity contribution < 1.29 is 0 Å². The van der Waals surface area contributed by atoms with E-state index in [0.29, 0.717) is 27.7 Å². The van der Waals surface area contributed by atoms with Crippen LogP contribution in [0, 0.1) is 22.7 Å². The van der Waals surface area contributed by atoms with Gasteiger partial charge in [-0.3, -0.25) is 9.99 Å². The summed E-state index contributed by atoms with van der Waals surface area (Å²) in [5, 5.41) is 21.2. The van der Waals surface area contributed by atoms with Crippen LogP contribution in [0.2, 0.25) is 10.0 Å². The van der Waals surface area contributed by atoms with Gasteiger partial charge in [-0.2, -0.15) is 5.26 Å². The summed E-state index contributed by atoms with van der Waals surface area (Å²) in [6.45, 7) is 7.14. The number of hydrazine groups is 2. The summed E-state index contributed by atoms with van der Waals surface area (Å²) in [6, 6.07) is 13.7. The van der Waals surface area contributed by atoms with Gasteiger partial charge in [0.15, 0.2) is 0 Å². The summed E-state index contributed by atoms with van der Waals surface area (Å²) in [5.41, 5.74) is 11.6. The fourth-order valence-electron chi connectivity index (χ4n) is 5.63. The lowest BCUT2D eigenvalue weighted by Gasteiger charge is -2.64. The van der Waals surface area contributed by atoms with Crippen LogP contribution >= 0.6 is 23.2 Å². The second kappa shape index (κ2) is 9.23. The number of hydrogen-bond donors (Lipinski definition) is 4. The summed E-state index contributed by atoms with van der Waals surface area (Å²) in [7, 11) is 0. The molecular formula is C29H31Cl2N7. The van der Waals surface area contributed by atoms with Crippen molar-refractivity contribution in [1.29, 1.82) is 5.26 Å². The molecule has 1 aliphatic heterocycles. The second-order valence-corrected chi connectivity index (χ2v) is 12.7. The van der Waals surface area contributed by atoms with Crippen molar-refractivity contribution in [1.82, 2.24) is 21.0 Å². The number of anilines is 2. The second-order valence-electron chi connectivity index (χ2n) is 11.9. The Labute approximate surface area is 233 Å². The summed E-state index contributed by atoms with van der Waals surface area (Å²) in [4.78, 5) is 4.50. The summed E-state index contributed by atoms with van der Waals surface area (Å²) < 4.78 is 0. The average Bonchev–Trinajstić information content (AvgIpc) is 3.28. The fraction of sp³-hybridized carbons (Fsp3) is 0.379. The Morgan fingerprint density at radius 1 is 1.18 bits per heavy atom. The first-order chi connectivity index (χ1) is 18.2. The van der Waals surface area contributed by atoms with Crippen LogP contribution in [0.4, 0.5) is 11.4 Å². The third kappa shape index (κ3) is 4.41. The topological polar surface area (TPSA) is 88.0 Å². The lowest BCUT2D eigenvalue weighted by Crippen LogP contribution is -2.69. The first kappa shape index (κ1) is 25.1. The van der Waals surface area contributed by atoms with Gasteiger partial charge in [0.05, 0.1) is 39.1 Å². The first-order valence-electron chi connectivity index (χ1n) is 13.0. The van der Waals surface area contributed by atoms with E-state index in [-0.39, 0.29) is 17.0 Å². The zero-order valence-electron chi connectivity index (χ0n) is 21.7. The molecule has 2 aromatic carbocycles. The number of pyridine rings is 1. The number of nitrogens with zero attached hydrogens (tertiary/aromatic N) is 3. The van der Waals surface area contributed by atoms with Crippen LogP contribution in [-0.4, -0.2) is 22.1 Å². The molecule has 2 heterocycles. The van der Waals surface area contributed by atoms with Crippen molar-refractivity contribution in [3.8, 4) is 6.07 Å². The molecule has 196 valence electrons. The van der Waals surface area contributed by atoms with Crippen molar-refractivity contribution in [3.05, 3.63) is 75.7 Å².